The van der Waals surface area contributed by atoms with Crippen molar-refractivity contribution in [2.75, 3.05) is 6.61 Å². The zero-order valence-electron chi connectivity index (χ0n) is 9.50. The number of ether oxygens (including phenoxy) is 2. The molecule has 1 aliphatic rings. The van der Waals surface area contributed by atoms with Gasteiger partial charge >= 0.3 is 11.7 Å². The van der Waals surface area contributed by atoms with Crippen molar-refractivity contribution < 1.29 is 19.2 Å². The van der Waals surface area contributed by atoms with E-state index in [0.29, 0.717) is 12.0 Å². The summed E-state index contributed by atoms with van der Waals surface area (Å²) in [7, 11) is 0. The number of hydrogen-bond acceptors (Lipinski definition) is 6. The van der Waals surface area contributed by atoms with E-state index in [-0.39, 0.29) is 24.6 Å². The Morgan fingerprint density at radius 1 is 1.56 bits per heavy atom. The van der Waals surface area contributed by atoms with Crippen LogP contribution in [-0.2, 0) is 16.1 Å². The highest BCUT2D eigenvalue weighted by molar-refractivity contribution is 5.77. The Kier molecular flexibility index (Phi) is 3.42. The van der Waals surface area contributed by atoms with E-state index in [0.717, 1.165) is 0 Å². The summed E-state index contributed by atoms with van der Waals surface area (Å²) >= 11 is 0. The molecule has 7 heteroatoms. The highest BCUT2D eigenvalue weighted by atomic mass is 16.6. The van der Waals surface area contributed by atoms with Crippen LogP contribution in [0, 0.1) is 10.1 Å². The maximum atomic E-state index is 11.3. The molecule has 0 aliphatic carbocycles. The first-order chi connectivity index (χ1) is 8.61. The molecule has 2 N–H and O–H groups in total. The number of carbonyl (C=O) groups is 1. The van der Waals surface area contributed by atoms with E-state index in [1.54, 1.807) is 6.07 Å². The first-order valence-electron chi connectivity index (χ1n) is 5.42. The molecule has 1 heterocycles. The summed E-state index contributed by atoms with van der Waals surface area (Å²) in [4.78, 5) is 21.6. The van der Waals surface area contributed by atoms with Crippen molar-refractivity contribution in [2.24, 2.45) is 5.73 Å². The Balaban J connectivity index is 2.28. The van der Waals surface area contributed by atoms with Gasteiger partial charge in [-0.25, -0.2) is 4.79 Å². The van der Waals surface area contributed by atoms with Gasteiger partial charge in [0.15, 0.2) is 11.9 Å². The van der Waals surface area contributed by atoms with E-state index in [2.05, 4.69) is 0 Å². The van der Waals surface area contributed by atoms with Gasteiger partial charge in [-0.1, -0.05) is 6.07 Å². The third kappa shape index (κ3) is 2.40. The second kappa shape index (κ2) is 5.01. The zero-order valence-corrected chi connectivity index (χ0v) is 9.50. The summed E-state index contributed by atoms with van der Waals surface area (Å²) in [5.41, 5.74) is 5.97. The van der Waals surface area contributed by atoms with Gasteiger partial charge in [-0.05, 0) is 11.6 Å². The number of nitro benzene ring substituents is 1. The average molecular weight is 252 g/mol. The molecule has 0 bridgehead atoms. The maximum Gasteiger partial charge on any atom is 0.347 e. The molecule has 7 nitrogen and oxygen atoms in total. The minimum Gasteiger partial charge on any atom is -0.471 e. The fourth-order valence-electron chi connectivity index (χ4n) is 1.67. The van der Waals surface area contributed by atoms with Gasteiger partial charge in [-0.2, -0.15) is 0 Å². The lowest BCUT2D eigenvalue weighted by Crippen LogP contribution is -2.22. The third-order valence-electron chi connectivity index (χ3n) is 2.61. The average Bonchev–Trinajstić information content (AvgIpc) is 2.74. The Morgan fingerprint density at radius 3 is 2.89 bits per heavy atom. The SMILES string of the molecule is NCc1ccc([N+](=O)[O-])c(OC2CCOC2=O)c1. The monoisotopic (exact) mass is 252 g/mol. The molecular formula is C11H12N2O5. The molecule has 0 saturated carbocycles. The molecule has 1 saturated heterocycles. The number of hydrogen-bond donors (Lipinski definition) is 1. The minimum absolute atomic E-state index is 0.0480. The van der Waals surface area contributed by atoms with Crippen LogP contribution in [0.1, 0.15) is 12.0 Å². The van der Waals surface area contributed by atoms with Gasteiger partial charge in [0.05, 0.1) is 11.5 Å². The van der Waals surface area contributed by atoms with Gasteiger partial charge in [0.25, 0.3) is 0 Å². The quantitative estimate of drug-likeness (QED) is 0.481. The number of esters is 1. The second-order valence-electron chi connectivity index (χ2n) is 3.83. The number of cyclic esters (lactones) is 1. The molecular weight excluding hydrogens is 240 g/mol. The van der Waals surface area contributed by atoms with Gasteiger partial charge in [-0.15, -0.1) is 0 Å². The molecule has 1 aromatic rings. The molecule has 1 aromatic carbocycles. The van der Waals surface area contributed by atoms with Gasteiger partial charge < -0.3 is 15.2 Å². The number of benzene rings is 1. The predicted molar refractivity (Wildman–Crippen MR) is 61.0 cm³/mol. The number of nitrogens with zero attached hydrogens (tertiary/aromatic N) is 1. The molecule has 1 atom stereocenters. The number of nitro groups is 1. The number of carbonyl (C=O) groups excluding carboxylic acids is 1. The van der Waals surface area contributed by atoms with Crippen molar-refractivity contribution in [3.63, 3.8) is 0 Å². The maximum absolute atomic E-state index is 11.3. The van der Waals surface area contributed by atoms with E-state index in [1.807, 2.05) is 0 Å². The molecule has 2 rings (SSSR count). The van der Waals surface area contributed by atoms with Crippen LogP contribution in [0.2, 0.25) is 0 Å². The Morgan fingerprint density at radius 2 is 2.33 bits per heavy atom. The summed E-state index contributed by atoms with van der Waals surface area (Å²) in [6.45, 7) is 0.511. The topological polar surface area (TPSA) is 105 Å². The number of nitrogens with two attached hydrogens (primary N) is 1. The molecule has 18 heavy (non-hydrogen) atoms. The Labute approximate surface area is 103 Å². The molecule has 96 valence electrons. The molecule has 0 amide bonds. The van der Waals surface area contributed by atoms with E-state index in [1.165, 1.54) is 12.1 Å². The van der Waals surface area contributed by atoms with Gasteiger partial charge in [0.2, 0.25) is 0 Å². The van der Waals surface area contributed by atoms with Crippen LogP contribution in [0.4, 0.5) is 5.69 Å². The highest BCUT2D eigenvalue weighted by Crippen LogP contribution is 2.30. The van der Waals surface area contributed by atoms with E-state index in [4.69, 9.17) is 15.2 Å². The Bertz CT molecular complexity index is 488. The fourth-order valence-corrected chi connectivity index (χ4v) is 1.67. The molecule has 0 aromatic heterocycles. The van der Waals surface area contributed by atoms with Crippen LogP contribution in [0.25, 0.3) is 0 Å². The van der Waals surface area contributed by atoms with Crippen molar-refractivity contribution in [1.82, 2.24) is 0 Å². The largest absolute Gasteiger partial charge is 0.471 e. The zero-order chi connectivity index (χ0) is 13.1. The van der Waals surface area contributed by atoms with Crippen molar-refractivity contribution in [1.29, 1.82) is 0 Å². The van der Waals surface area contributed by atoms with Crippen molar-refractivity contribution in [2.45, 2.75) is 19.1 Å². The first kappa shape index (κ1) is 12.3. The molecule has 0 radical (unpaired) electrons. The lowest BCUT2D eigenvalue weighted by molar-refractivity contribution is -0.386. The minimum atomic E-state index is -0.781. The van der Waals surface area contributed by atoms with E-state index in [9.17, 15) is 14.9 Å². The molecule has 0 spiro atoms. The summed E-state index contributed by atoms with van der Waals surface area (Å²) in [6, 6.07) is 4.35. The summed E-state index contributed by atoms with van der Waals surface area (Å²) < 4.78 is 10.1. The van der Waals surface area contributed by atoms with Crippen LogP contribution < -0.4 is 10.5 Å². The Hall–Kier alpha value is -2.15. The highest BCUT2D eigenvalue weighted by Gasteiger charge is 2.30. The van der Waals surface area contributed by atoms with Crippen molar-refractivity contribution in [3.8, 4) is 5.75 Å². The number of rotatable bonds is 4. The fraction of sp³-hybridized carbons (Fsp3) is 0.364. The predicted octanol–water partition coefficient (Wildman–Crippen LogP) is 0.748. The van der Waals surface area contributed by atoms with E-state index >= 15 is 0 Å². The molecule has 1 fully saturated rings. The second-order valence-corrected chi connectivity index (χ2v) is 3.83. The molecule has 1 aliphatic heterocycles. The van der Waals surface area contributed by atoms with Crippen molar-refractivity contribution >= 4 is 11.7 Å². The lowest BCUT2D eigenvalue weighted by Gasteiger charge is -2.11. The van der Waals surface area contributed by atoms with Crippen LogP contribution in [0.15, 0.2) is 18.2 Å². The van der Waals surface area contributed by atoms with E-state index < -0.39 is 17.0 Å². The standard InChI is InChI=1S/C11H12N2O5/c12-6-7-1-2-8(13(15)16)10(5-7)18-9-3-4-17-11(9)14/h1-2,5,9H,3-4,6,12H2. The van der Waals surface area contributed by atoms with Crippen LogP contribution >= 0.6 is 0 Å². The molecule has 1 unspecified atom stereocenters. The van der Waals surface area contributed by atoms with Crippen molar-refractivity contribution in [3.05, 3.63) is 33.9 Å². The van der Waals surface area contributed by atoms with Crippen LogP contribution in [0.5, 0.6) is 5.75 Å². The van der Waals surface area contributed by atoms with Gasteiger partial charge in [0, 0.05) is 19.0 Å². The van der Waals surface area contributed by atoms with Gasteiger partial charge in [0.1, 0.15) is 0 Å². The van der Waals surface area contributed by atoms with Crippen LogP contribution in [-0.4, -0.2) is 23.6 Å². The summed E-state index contributed by atoms with van der Waals surface area (Å²) in [6.07, 6.45) is -0.389. The van der Waals surface area contributed by atoms with Crippen LogP contribution in [0.3, 0.4) is 0 Å². The lowest BCUT2D eigenvalue weighted by atomic mass is 10.2. The third-order valence-corrected chi connectivity index (χ3v) is 2.61. The first-order valence-corrected chi connectivity index (χ1v) is 5.42. The van der Waals surface area contributed by atoms with Gasteiger partial charge in [-0.3, -0.25) is 10.1 Å². The summed E-state index contributed by atoms with van der Waals surface area (Å²) in [5, 5.41) is 10.9. The smallest absolute Gasteiger partial charge is 0.347 e. The normalized spacial score (nSPS) is 18.5. The summed E-state index contributed by atoms with van der Waals surface area (Å²) in [5.74, 6) is -0.450.